The standard InChI is InChI=1S/C2H5O3PS/c3-6(4,5)2-1-7-2/h2H,1H2,(H2,3,4,5). The van der Waals surface area contributed by atoms with Crippen molar-refractivity contribution in [2.75, 3.05) is 5.75 Å². The van der Waals surface area contributed by atoms with Crippen molar-refractivity contribution in [3.05, 3.63) is 0 Å². The molecule has 2 N–H and O–H groups in total. The summed E-state index contributed by atoms with van der Waals surface area (Å²) >= 11 is 1.31. The summed E-state index contributed by atoms with van der Waals surface area (Å²) in [6, 6.07) is 0. The molecule has 3 nitrogen and oxygen atoms in total. The van der Waals surface area contributed by atoms with Crippen LogP contribution in [0.4, 0.5) is 0 Å². The van der Waals surface area contributed by atoms with Gasteiger partial charge in [-0.25, -0.2) is 0 Å². The lowest BCUT2D eigenvalue weighted by molar-refractivity contribution is 0.374. The summed E-state index contributed by atoms with van der Waals surface area (Å²) < 4.78 is 10.1. The molecule has 1 fully saturated rings. The van der Waals surface area contributed by atoms with Crippen LogP contribution in [0.1, 0.15) is 0 Å². The molecule has 42 valence electrons. The van der Waals surface area contributed by atoms with Crippen molar-refractivity contribution >= 4 is 19.4 Å². The van der Waals surface area contributed by atoms with Gasteiger partial charge in [-0.05, 0) is 0 Å². The van der Waals surface area contributed by atoms with Crippen molar-refractivity contribution in [1.29, 1.82) is 0 Å². The van der Waals surface area contributed by atoms with Gasteiger partial charge in [0.05, 0.1) is 0 Å². The summed E-state index contributed by atoms with van der Waals surface area (Å²) in [6.45, 7) is 0. The number of hydrogen-bond acceptors (Lipinski definition) is 2. The quantitative estimate of drug-likeness (QED) is 0.404. The zero-order valence-electron chi connectivity index (χ0n) is 3.44. The lowest BCUT2D eigenvalue weighted by Crippen LogP contribution is -1.82. The van der Waals surface area contributed by atoms with Crippen LogP contribution in [0.3, 0.4) is 0 Å². The summed E-state index contributed by atoms with van der Waals surface area (Å²) in [4.78, 5) is 16.1. The molecule has 1 aliphatic rings. The summed E-state index contributed by atoms with van der Waals surface area (Å²) in [5.41, 5.74) is 0. The van der Waals surface area contributed by atoms with Crippen LogP contribution in [0, 0.1) is 0 Å². The van der Waals surface area contributed by atoms with Gasteiger partial charge in [-0.3, -0.25) is 4.57 Å². The van der Waals surface area contributed by atoms with Crippen molar-refractivity contribution in [3.63, 3.8) is 0 Å². The first-order valence-corrected chi connectivity index (χ1v) is 4.50. The van der Waals surface area contributed by atoms with E-state index in [1.54, 1.807) is 0 Å². The molecule has 1 atom stereocenters. The molecule has 0 saturated carbocycles. The second-order valence-electron chi connectivity index (χ2n) is 1.38. The predicted octanol–water partition coefficient (Wildman–Crippen LogP) is 0.237. The van der Waals surface area contributed by atoms with Crippen molar-refractivity contribution in [2.24, 2.45) is 0 Å². The monoisotopic (exact) mass is 140 g/mol. The van der Waals surface area contributed by atoms with E-state index in [-0.39, 0.29) is 4.99 Å². The summed E-state index contributed by atoms with van der Waals surface area (Å²) in [7, 11) is -3.66. The second-order valence-corrected chi connectivity index (χ2v) is 4.76. The highest BCUT2D eigenvalue weighted by Gasteiger charge is 2.39. The first-order chi connectivity index (χ1) is 3.11. The Balaban J connectivity index is 2.52. The van der Waals surface area contributed by atoms with Crippen molar-refractivity contribution in [2.45, 2.75) is 4.99 Å². The molecule has 1 saturated heterocycles. The highest BCUT2D eigenvalue weighted by atomic mass is 32.2. The fraction of sp³-hybridized carbons (Fsp3) is 1.00. The Morgan fingerprint density at radius 2 is 2.14 bits per heavy atom. The molecule has 1 unspecified atom stereocenters. The molecule has 0 aliphatic carbocycles. The fourth-order valence-electron chi connectivity index (χ4n) is 0.237. The van der Waals surface area contributed by atoms with Crippen molar-refractivity contribution < 1.29 is 14.4 Å². The normalized spacial score (nSPS) is 30.3. The number of thioether (sulfide) groups is 1. The summed E-state index contributed by atoms with van der Waals surface area (Å²) in [5.74, 6) is 0.629. The molecule has 1 aliphatic heterocycles. The average molecular weight is 140 g/mol. The smallest absolute Gasteiger partial charge is 0.324 e. The Morgan fingerprint density at radius 1 is 1.71 bits per heavy atom. The minimum atomic E-state index is -3.66. The van der Waals surface area contributed by atoms with Gasteiger partial charge in [0.2, 0.25) is 0 Å². The largest absolute Gasteiger partial charge is 0.339 e. The maximum atomic E-state index is 10.1. The van der Waals surface area contributed by atoms with Gasteiger partial charge in [-0.15, -0.1) is 11.8 Å². The Labute approximate surface area is 45.3 Å². The lowest BCUT2D eigenvalue weighted by atomic mass is 11.0. The number of hydrogen-bond donors (Lipinski definition) is 2. The Hall–Kier alpha value is 0.500. The van der Waals surface area contributed by atoms with Gasteiger partial charge in [-0.1, -0.05) is 0 Å². The van der Waals surface area contributed by atoms with Crippen LogP contribution < -0.4 is 0 Å². The SMILES string of the molecule is O=P(O)(O)C1CS1. The zero-order valence-corrected chi connectivity index (χ0v) is 5.15. The van der Waals surface area contributed by atoms with E-state index < -0.39 is 7.60 Å². The van der Waals surface area contributed by atoms with Crippen LogP contribution in [-0.2, 0) is 4.57 Å². The van der Waals surface area contributed by atoms with E-state index in [9.17, 15) is 4.57 Å². The van der Waals surface area contributed by atoms with E-state index in [1.807, 2.05) is 0 Å². The fourth-order valence-corrected chi connectivity index (χ4v) is 2.14. The topological polar surface area (TPSA) is 57.5 Å². The van der Waals surface area contributed by atoms with E-state index in [1.165, 1.54) is 11.8 Å². The van der Waals surface area contributed by atoms with Gasteiger partial charge in [0.1, 0.15) is 4.99 Å². The third-order valence-electron chi connectivity index (χ3n) is 0.691. The minimum absolute atomic E-state index is 0.368. The Bertz CT molecular complexity index is 114. The number of rotatable bonds is 1. The van der Waals surface area contributed by atoms with Gasteiger partial charge in [-0.2, -0.15) is 0 Å². The second kappa shape index (κ2) is 1.49. The molecule has 0 amide bonds. The molecule has 5 heteroatoms. The Kier molecular flexibility index (Phi) is 1.20. The van der Waals surface area contributed by atoms with E-state index in [0.717, 1.165) is 0 Å². The van der Waals surface area contributed by atoms with E-state index >= 15 is 0 Å². The molecule has 7 heavy (non-hydrogen) atoms. The molecule has 0 aromatic rings. The molecule has 0 aromatic carbocycles. The van der Waals surface area contributed by atoms with Crippen LogP contribution in [-0.4, -0.2) is 20.5 Å². The van der Waals surface area contributed by atoms with E-state index in [4.69, 9.17) is 9.79 Å². The van der Waals surface area contributed by atoms with Crippen LogP contribution >= 0.6 is 19.4 Å². The van der Waals surface area contributed by atoms with Gasteiger partial charge in [0.15, 0.2) is 0 Å². The first kappa shape index (κ1) is 5.63. The maximum absolute atomic E-state index is 10.1. The highest BCUT2D eigenvalue weighted by Crippen LogP contribution is 2.57. The van der Waals surface area contributed by atoms with E-state index in [2.05, 4.69) is 0 Å². The molecule has 0 aromatic heterocycles. The first-order valence-electron chi connectivity index (χ1n) is 1.77. The highest BCUT2D eigenvalue weighted by molar-refractivity contribution is 8.13. The molecule has 0 spiro atoms. The summed E-state index contributed by atoms with van der Waals surface area (Å²) in [5, 5.41) is 0. The van der Waals surface area contributed by atoms with Crippen LogP contribution in [0.15, 0.2) is 0 Å². The van der Waals surface area contributed by atoms with Crippen LogP contribution in [0.5, 0.6) is 0 Å². The third-order valence-corrected chi connectivity index (χ3v) is 3.79. The molecule has 0 bridgehead atoms. The lowest BCUT2D eigenvalue weighted by Gasteiger charge is -1.94. The van der Waals surface area contributed by atoms with Gasteiger partial charge in [0.25, 0.3) is 0 Å². The molecule has 0 radical (unpaired) electrons. The zero-order chi connectivity index (χ0) is 5.49. The van der Waals surface area contributed by atoms with Gasteiger partial charge >= 0.3 is 7.60 Å². The molecule has 1 rings (SSSR count). The third kappa shape index (κ3) is 1.46. The predicted molar refractivity (Wildman–Crippen MR) is 28.3 cm³/mol. The molecular formula is C2H5O3PS. The maximum Gasteiger partial charge on any atom is 0.339 e. The van der Waals surface area contributed by atoms with Crippen LogP contribution in [0.2, 0.25) is 0 Å². The molecular weight excluding hydrogens is 135 g/mol. The average Bonchev–Trinajstić information content (AvgIpc) is 1.99. The minimum Gasteiger partial charge on any atom is -0.324 e. The molecule has 1 heterocycles. The van der Waals surface area contributed by atoms with Gasteiger partial charge in [0, 0.05) is 5.75 Å². The van der Waals surface area contributed by atoms with Gasteiger partial charge < -0.3 is 9.79 Å². The van der Waals surface area contributed by atoms with Crippen molar-refractivity contribution in [3.8, 4) is 0 Å². The summed E-state index contributed by atoms with van der Waals surface area (Å²) in [6.07, 6.45) is 0. The Morgan fingerprint density at radius 3 is 2.14 bits per heavy atom. The van der Waals surface area contributed by atoms with Crippen molar-refractivity contribution in [1.82, 2.24) is 0 Å². The van der Waals surface area contributed by atoms with Crippen LogP contribution in [0.25, 0.3) is 0 Å². The van der Waals surface area contributed by atoms with E-state index in [0.29, 0.717) is 5.75 Å².